The van der Waals surface area contributed by atoms with Gasteiger partial charge in [-0.15, -0.1) is 10.2 Å². The Balaban J connectivity index is 1.63. The van der Waals surface area contributed by atoms with Crippen LogP contribution in [0, 0.1) is 13.8 Å². The summed E-state index contributed by atoms with van der Waals surface area (Å²) in [5.74, 6) is 0.506. The molecular formula is C23H26ClN5O2S. The molecule has 168 valence electrons. The number of aromatic nitrogens is 3. The van der Waals surface area contributed by atoms with Gasteiger partial charge >= 0.3 is 0 Å². The molecule has 0 unspecified atom stereocenters. The molecule has 0 aliphatic rings. The van der Waals surface area contributed by atoms with Crippen molar-refractivity contribution in [3.8, 4) is 0 Å². The van der Waals surface area contributed by atoms with Crippen molar-refractivity contribution in [2.75, 3.05) is 11.1 Å². The fourth-order valence-corrected chi connectivity index (χ4v) is 4.11. The molecule has 1 heterocycles. The van der Waals surface area contributed by atoms with E-state index in [-0.39, 0.29) is 23.6 Å². The fraction of sp³-hybridized carbons (Fsp3) is 0.304. The molecule has 0 aliphatic carbocycles. The minimum absolute atomic E-state index is 0.111. The van der Waals surface area contributed by atoms with Crippen LogP contribution < -0.4 is 10.6 Å². The Hall–Kier alpha value is -2.84. The number of carbonyl (C=O) groups is 2. The van der Waals surface area contributed by atoms with E-state index < -0.39 is 0 Å². The third-order valence-corrected chi connectivity index (χ3v) is 6.33. The van der Waals surface area contributed by atoms with Gasteiger partial charge in [0, 0.05) is 22.8 Å². The monoisotopic (exact) mass is 471 g/mol. The standard InChI is InChI=1S/C23H26ClN5O2S/c1-5-29-21(16(4)25-22(31)17-9-11-18(24)12-10-17)27-28-23(29)32-13-20(30)26-19-8-6-7-14(2)15(19)3/h6-12,16H,5,13H2,1-4H3,(H,25,31)(H,26,30)/t16-/m0/s1. The first-order valence-electron chi connectivity index (χ1n) is 10.3. The van der Waals surface area contributed by atoms with Crippen LogP contribution in [0.3, 0.4) is 0 Å². The van der Waals surface area contributed by atoms with Gasteiger partial charge in [-0.2, -0.15) is 0 Å². The van der Waals surface area contributed by atoms with Crippen molar-refractivity contribution in [3.63, 3.8) is 0 Å². The number of halogens is 1. The number of carbonyl (C=O) groups excluding carboxylic acids is 2. The van der Waals surface area contributed by atoms with Gasteiger partial charge in [-0.3, -0.25) is 9.59 Å². The summed E-state index contributed by atoms with van der Waals surface area (Å²) >= 11 is 7.20. The SMILES string of the molecule is CCn1c(SCC(=O)Nc2cccc(C)c2C)nnc1[C@H](C)NC(=O)c1ccc(Cl)cc1. The third kappa shape index (κ3) is 5.69. The van der Waals surface area contributed by atoms with E-state index in [0.29, 0.717) is 28.1 Å². The molecule has 0 bridgehead atoms. The van der Waals surface area contributed by atoms with Crippen LogP contribution >= 0.6 is 23.4 Å². The summed E-state index contributed by atoms with van der Waals surface area (Å²) in [6, 6.07) is 12.2. The Morgan fingerprint density at radius 2 is 1.84 bits per heavy atom. The highest BCUT2D eigenvalue weighted by molar-refractivity contribution is 7.99. The predicted octanol–water partition coefficient (Wildman–Crippen LogP) is 4.79. The summed E-state index contributed by atoms with van der Waals surface area (Å²) in [5.41, 5.74) is 3.50. The summed E-state index contributed by atoms with van der Waals surface area (Å²) in [5, 5.41) is 15.6. The van der Waals surface area contributed by atoms with Crippen LogP contribution in [0.2, 0.25) is 5.02 Å². The Morgan fingerprint density at radius 3 is 2.53 bits per heavy atom. The van der Waals surface area contributed by atoms with E-state index in [4.69, 9.17) is 11.6 Å². The van der Waals surface area contributed by atoms with E-state index in [1.807, 2.05) is 50.5 Å². The highest BCUT2D eigenvalue weighted by Crippen LogP contribution is 2.22. The molecule has 3 rings (SSSR count). The third-order valence-electron chi connectivity index (χ3n) is 5.11. The van der Waals surface area contributed by atoms with E-state index in [9.17, 15) is 9.59 Å². The molecular weight excluding hydrogens is 446 g/mol. The maximum atomic E-state index is 12.5. The zero-order chi connectivity index (χ0) is 23.3. The molecule has 32 heavy (non-hydrogen) atoms. The number of nitrogens with one attached hydrogen (secondary N) is 2. The summed E-state index contributed by atoms with van der Waals surface area (Å²) in [7, 11) is 0. The average Bonchev–Trinajstić information content (AvgIpc) is 3.19. The molecule has 0 fully saturated rings. The molecule has 1 atom stereocenters. The molecule has 0 aliphatic heterocycles. The second kappa shape index (κ2) is 10.7. The lowest BCUT2D eigenvalue weighted by molar-refractivity contribution is -0.113. The highest BCUT2D eigenvalue weighted by atomic mass is 35.5. The van der Waals surface area contributed by atoms with Crippen LogP contribution in [0.5, 0.6) is 0 Å². The molecule has 0 spiro atoms. The van der Waals surface area contributed by atoms with Gasteiger partial charge in [-0.1, -0.05) is 35.5 Å². The Kier molecular flexibility index (Phi) is 7.93. The molecule has 2 N–H and O–H groups in total. The first-order valence-corrected chi connectivity index (χ1v) is 11.6. The molecule has 0 radical (unpaired) electrons. The van der Waals surface area contributed by atoms with Crippen LogP contribution in [0.15, 0.2) is 47.6 Å². The van der Waals surface area contributed by atoms with Gasteiger partial charge in [0.25, 0.3) is 5.91 Å². The van der Waals surface area contributed by atoms with Crippen molar-refractivity contribution in [1.82, 2.24) is 20.1 Å². The number of nitrogens with zero attached hydrogens (tertiary/aromatic N) is 3. The van der Waals surface area contributed by atoms with Crippen LogP contribution in [0.25, 0.3) is 0 Å². The van der Waals surface area contributed by atoms with Crippen molar-refractivity contribution in [2.45, 2.75) is 45.4 Å². The number of benzene rings is 2. The topological polar surface area (TPSA) is 88.9 Å². The molecule has 3 aromatic rings. The summed E-state index contributed by atoms with van der Waals surface area (Å²) in [6.07, 6.45) is 0. The number of amides is 2. The second-order valence-electron chi connectivity index (χ2n) is 7.37. The van der Waals surface area contributed by atoms with Crippen molar-refractivity contribution < 1.29 is 9.59 Å². The average molecular weight is 472 g/mol. The molecule has 0 saturated carbocycles. The predicted molar refractivity (Wildman–Crippen MR) is 128 cm³/mol. The quantitative estimate of drug-likeness (QED) is 0.461. The van der Waals surface area contributed by atoms with Gasteiger partial charge in [0.15, 0.2) is 11.0 Å². The van der Waals surface area contributed by atoms with Gasteiger partial charge in [-0.25, -0.2) is 0 Å². The maximum absolute atomic E-state index is 12.5. The second-order valence-corrected chi connectivity index (χ2v) is 8.75. The van der Waals surface area contributed by atoms with E-state index in [1.54, 1.807) is 24.3 Å². The molecule has 2 amide bonds. The van der Waals surface area contributed by atoms with Crippen molar-refractivity contribution in [2.24, 2.45) is 0 Å². The lowest BCUT2D eigenvalue weighted by atomic mass is 10.1. The first-order chi connectivity index (χ1) is 15.3. The van der Waals surface area contributed by atoms with E-state index >= 15 is 0 Å². The minimum atomic E-state index is -0.358. The van der Waals surface area contributed by atoms with Crippen molar-refractivity contribution in [1.29, 1.82) is 0 Å². The number of hydrogen-bond donors (Lipinski definition) is 2. The Labute approximate surface area is 197 Å². The normalized spacial score (nSPS) is 11.8. The first kappa shape index (κ1) is 23.8. The molecule has 7 nitrogen and oxygen atoms in total. The lowest BCUT2D eigenvalue weighted by Gasteiger charge is -2.15. The van der Waals surface area contributed by atoms with Gasteiger partial charge in [-0.05, 0) is 69.2 Å². The summed E-state index contributed by atoms with van der Waals surface area (Å²) in [6.45, 7) is 8.44. The van der Waals surface area contributed by atoms with Crippen LogP contribution in [-0.4, -0.2) is 32.3 Å². The summed E-state index contributed by atoms with van der Waals surface area (Å²) in [4.78, 5) is 25.0. The Morgan fingerprint density at radius 1 is 1.12 bits per heavy atom. The minimum Gasteiger partial charge on any atom is -0.342 e. The van der Waals surface area contributed by atoms with Gasteiger partial charge in [0.2, 0.25) is 5.91 Å². The van der Waals surface area contributed by atoms with Crippen LogP contribution in [0.4, 0.5) is 5.69 Å². The van der Waals surface area contributed by atoms with Gasteiger partial charge in [0.1, 0.15) is 0 Å². The number of anilines is 1. The van der Waals surface area contributed by atoms with Gasteiger partial charge in [0.05, 0.1) is 11.8 Å². The van der Waals surface area contributed by atoms with Crippen molar-refractivity contribution in [3.05, 3.63) is 70.0 Å². The van der Waals surface area contributed by atoms with E-state index in [1.165, 1.54) is 11.8 Å². The smallest absolute Gasteiger partial charge is 0.251 e. The van der Waals surface area contributed by atoms with Crippen LogP contribution in [0.1, 0.15) is 47.2 Å². The van der Waals surface area contributed by atoms with Crippen LogP contribution in [-0.2, 0) is 11.3 Å². The largest absolute Gasteiger partial charge is 0.342 e. The molecule has 0 saturated heterocycles. The van der Waals surface area contributed by atoms with E-state index in [0.717, 1.165) is 16.8 Å². The zero-order valence-electron chi connectivity index (χ0n) is 18.5. The highest BCUT2D eigenvalue weighted by Gasteiger charge is 2.20. The Bertz CT molecular complexity index is 1110. The molecule has 9 heteroatoms. The molecule has 2 aromatic carbocycles. The number of rotatable bonds is 8. The zero-order valence-corrected chi connectivity index (χ0v) is 20.0. The maximum Gasteiger partial charge on any atom is 0.251 e. The lowest BCUT2D eigenvalue weighted by Crippen LogP contribution is -2.28. The number of thioether (sulfide) groups is 1. The van der Waals surface area contributed by atoms with E-state index in [2.05, 4.69) is 20.8 Å². The fourth-order valence-electron chi connectivity index (χ4n) is 3.17. The van der Waals surface area contributed by atoms with Crippen molar-refractivity contribution >= 4 is 40.9 Å². The summed E-state index contributed by atoms with van der Waals surface area (Å²) < 4.78 is 1.91. The number of aryl methyl sites for hydroxylation is 1. The van der Waals surface area contributed by atoms with Gasteiger partial charge < -0.3 is 15.2 Å². The number of hydrogen-bond acceptors (Lipinski definition) is 5. The molecule has 1 aromatic heterocycles.